The lowest BCUT2D eigenvalue weighted by Gasteiger charge is -2.66. The summed E-state index contributed by atoms with van der Waals surface area (Å²) in [7, 11) is 0. The molecule has 0 unspecified atom stereocenters. The van der Waals surface area contributed by atoms with Gasteiger partial charge in [-0.05, 0) is 62.2 Å². The van der Waals surface area contributed by atoms with E-state index in [9.17, 15) is 9.90 Å². The highest BCUT2D eigenvalue weighted by Crippen LogP contribution is 2.66. The van der Waals surface area contributed by atoms with Gasteiger partial charge in [0.05, 0.1) is 5.60 Å². The van der Waals surface area contributed by atoms with Gasteiger partial charge in [-0.1, -0.05) is 46.6 Å². The lowest BCUT2D eigenvalue weighted by atomic mass is 9.41. The first-order valence-electron chi connectivity index (χ1n) is 9.48. The molecule has 0 amide bonds. The second-order valence-electron chi connectivity index (χ2n) is 9.92. The van der Waals surface area contributed by atoms with E-state index < -0.39 is 11.6 Å². The molecule has 24 heavy (non-hydrogen) atoms. The van der Waals surface area contributed by atoms with Gasteiger partial charge in [-0.3, -0.25) is 0 Å². The van der Waals surface area contributed by atoms with Crippen molar-refractivity contribution in [2.75, 3.05) is 0 Å². The minimum atomic E-state index is -0.898. The average molecular weight is 337 g/mol. The molecule has 138 valence electrons. The molecule has 3 atom stereocenters. The third-order valence-corrected chi connectivity index (χ3v) is 7.60. The van der Waals surface area contributed by atoms with E-state index in [1.807, 2.05) is 6.92 Å². The quantitative estimate of drug-likeness (QED) is 0.695. The van der Waals surface area contributed by atoms with Crippen LogP contribution in [0.3, 0.4) is 0 Å². The number of rotatable bonds is 4. The number of carboxylic acid groups (broad SMARTS) is 1. The summed E-state index contributed by atoms with van der Waals surface area (Å²) in [6, 6.07) is 0. The van der Waals surface area contributed by atoms with Crippen LogP contribution in [0.1, 0.15) is 86.5 Å². The Labute approximate surface area is 147 Å². The number of hydrogen-bond donors (Lipinski definition) is 2. The van der Waals surface area contributed by atoms with E-state index in [1.54, 1.807) is 0 Å². The molecule has 3 nitrogen and oxygen atoms in total. The van der Waals surface area contributed by atoms with E-state index in [-0.39, 0.29) is 16.2 Å². The summed E-state index contributed by atoms with van der Waals surface area (Å²) < 4.78 is 0. The fourth-order valence-electron chi connectivity index (χ4n) is 6.10. The third kappa shape index (κ3) is 3.05. The number of hydrogen-bond acceptors (Lipinski definition) is 2. The fraction of sp³-hybridized carbons (Fsp3) is 0.857. The van der Waals surface area contributed by atoms with Crippen LogP contribution >= 0.6 is 0 Å². The molecule has 3 heteroatoms. The summed E-state index contributed by atoms with van der Waals surface area (Å²) in [6.45, 7) is 13.3. The van der Waals surface area contributed by atoms with Crippen molar-refractivity contribution in [1.82, 2.24) is 0 Å². The van der Waals surface area contributed by atoms with Gasteiger partial charge in [0.2, 0.25) is 0 Å². The van der Waals surface area contributed by atoms with Crippen molar-refractivity contribution in [2.45, 2.75) is 92.1 Å². The van der Waals surface area contributed by atoms with Crippen LogP contribution in [0.25, 0.3) is 0 Å². The zero-order valence-electron chi connectivity index (χ0n) is 16.4. The predicted molar refractivity (Wildman–Crippen MR) is 97.8 cm³/mol. The van der Waals surface area contributed by atoms with Crippen molar-refractivity contribution in [3.8, 4) is 0 Å². The number of aliphatic carboxylic acids is 1. The third-order valence-electron chi connectivity index (χ3n) is 7.60. The Kier molecular flexibility index (Phi) is 5.00. The van der Waals surface area contributed by atoms with Gasteiger partial charge in [-0.2, -0.15) is 0 Å². The molecule has 0 saturated heterocycles. The molecule has 0 aromatic rings. The van der Waals surface area contributed by atoms with Crippen LogP contribution in [0, 0.1) is 22.2 Å². The summed E-state index contributed by atoms with van der Waals surface area (Å²) in [5, 5.41) is 20.9. The highest BCUT2D eigenvalue weighted by molar-refractivity contribution is 5.80. The maximum Gasteiger partial charge on any atom is 0.328 e. The van der Waals surface area contributed by atoms with Crippen molar-refractivity contribution in [1.29, 1.82) is 0 Å². The number of allylic oxidation sites excluding steroid dienone is 1. The standard InChI is InChI=1S/C21H36O3/c1-15(14-17(22)23)8-13-21(24)19(4,5)12-9-16-18(2,3)10-7-11-20(16,21)6/h14,16,24H,7-13H2,1-6H3,(H,22,23)/b15-14-/t16-,20-,21+/m0/s1. The molecule has 2 rings (SSSR count). The SMILES string of the molecule is C/C(=C/C(=O)O)CC[C@@]1(O)C(C)(C)CC[C@H]2C(C)(C)CCC[C@@]21C. The van der Waals surface area contributed by atoms with Crippen LogP contribution in [0.2, 0.25) is 0 Å². The number of carboxylic acids is 1. The van der Waals surface area contributed by atoms with Gasteiger partial charge in [-0.25, -0.2) is 4.79 Å². The normalized spacial score (nSPS) is 38.5. The summed E-state index contributed by atoms with van der Waals surface area (Å²) in [5.41, 5.74) is 0.111. The van der Waals surface area contributed by atoms with Gasteiger partial charge in [0.15, 0.2) is 0 Å². The first-order valence-corrected chi connectivity index (χ1v) is 9.48. The number of aliphatic hydroxyl groups is 1. The lowest BCUT2D eigenvalue weighted by Crippen LogP contribution is -2.65. The number of fused-ring (bicyclic) bond motifs is 1. The van der Waals surface area contributed by atoms with Crippen LogP contribution in [0.5, 0.6) is 0 Å². The Hall–Kier alpha value is -0.830. The molecule has 2 aliphatic carbocycles. The average Bonchev–Trinajstić information content (AvgIpc) is 2.41. The van der Waals surface area contributed by atoms with E-state index in [0.29, 0.717) is 18.8 Å². The highest BCUT2D eigenvalue weighted by atomic mass is 16.4. The van der Waals surface area contributed by atoms with Crippen molar-refractivity contribution in [3.63, 3.8) is 0 Å². The first-order chi connectivity index (χ1) is 10.9. The maximum absolute atomic E-state index is 12.0. The molecule has 0 radical (unpaired) electrons. The Balaban J connectivity index is 2.36. The Morgan fingerprint density at radius 3 is 2.33 bits per heavy atom. The van der Waals surface area contributed by atoms with Crippen LogP contribution in [-0.4, -0.2) is 21.8 Å². The van der Waals surface area contributed by atoms with Gasteiger partial charge in [-0.15, -0.1) is 0 Å². The van der Waals surface area contributed by atoms with Gasteiger partial charge < -0.3 is 10.2 Å². The van der Waals surface area contributed by atoms with Crippen LogP contribution < -0.4 is 0 Å². The molecule has 0 aromatic heterocycles. The predicted octanol–water partition coefficient (Wildman–Crippen LogP) is 5.18. The summed E-state index contributed by atoms with van der Waals surface area (Å²) >= 11 is 0. The largest absolute Gasteiger partial charge is 0.478 e. The van der Waals surface area contributed by atoms with E-state index in [1.165, 1.54) is 25.3 Å². The summed E-state index contributed by atoms with van der Waals surface area (Å²) in [5.74, 6) is -0.370. The smallest absolute Gasteiger partial charge is 0.328 e. The van der Waals surface area contributed by atoms with Crippen molar-refractivity contribution >= 4 is 5.97 Å². The van der Waals surface area contributed by atoms with E-state index >= 15 is 0 Å². The van der Waals surface area contributed by atoms with Gasteiger partial charge in [0.25, 0.3) is 0 Å². The van der Waals surface area contributed by atoms with E-state index in [4.69, 9.17) is 5.11 Å². The molecule has 0 aliphatic heterocycles. The molecular weight excluding hydrogens is 300 g/mol. The minimum Gasteiger partial charge on any atom is -0.478 e. The van der Waals surface area contributed by atoms with Crippen molar-refractivity contribution in [3.05, 3.63) is 11.6 Å². The Bertz CT molecular complexity index is 531. The lowest BCUT2D eigenvalue weighted by molar-refractivity contribution is -0.243. The van der Waals surface area contributed by atoms with Gasteiger partial charge >= 0.3 is 5.97 Å². The topological polar surface area (TPSA) is 57.5 Å². The molecule has 2 aliphatic rings. The molecule has 2 fully saturated rings. The molecular formula is C21H36O3. The minimum absolute atomic E-state index is 0.0972. The van der Waals surface area contributed by atoms with Crippen molar-refractivity contribution < 1.29 is 15.0 Å². The number of carbonyl (C=O) groups is 1. The van der Waals surface area contributed by atoms with E-state index in [2.05, 4.69) is 34.6 Å². The highest BCUT2D eigenvalue weighted by Gasteiger charge is 2.64. The second-order valence-corrected chi connectivity index (χ2v) is 9.92. The monoisotopic (exact) mass is 336 g/mol. The fourth-order valence-corrected chi connectivity index (χ4v) is 6.10. The molecule has 0 heterocycles. The first kappa shape index (κ1) is 19.5. The Morgan fingerprint density at radius 1 is 1.12 bits per heavy atom. The molecule has 2 saturated carbocycles. The zero-order valence-corrected chi connectivity index (χ0v) is 16.4. The van der Waals surface area contributed by atoms with E-state index in [0.717, 1.165) is 18.4 Å². The van der Waals surface area contributed by atoms with Crippen LogP contribution in [-0.2, 0) is 4.79 Å². The van der Waals surface area contributed by atoms with Gasteiger partial charge in [0, 0.05) is 11.5 Å². The molecule has 0 aromatic carbocycles. The Morgan fingerprint density at radius 2 is 1.75 bits per heavy atom. The molecule has 0 bridgehead atoms. The molecule has 2 N–H and O–H groups in total. The maximum atomic E-state index is 12.0. The summed E-state index contributed by atoms with van der Waals surface area (Å²) in [6.07, 6.45) is 8.28. The molecule has 0 spiro atoms. The van der Waals surface area contributed by atoms with Crippen LogP contribution in [0.4, 0.5) is 0 Å². The zero-order chi connectivity index (χ0) is 18.4. The van der Waals surface area contributed by atoms with Gasteiger partial charge in [0.1, 0.15) is 0 Å². The summed E-state index contributed by atoms with van der Waals surface area (Å²) in [4.78, 5) is 10.9. The second kappa shape index (κ2) is 6.16. The van der Waals surface area contributed by atoms with Crippen LogP contribution in [0.15, 0.2) is 11.6 Å². The van der Waals surface area contributed by atoms with Crippen molar-refractivity contribution in [2.24, 2.45) is 22.2 Å².